The molecule has 0 unspecified atom stereocenters. The van der Waals surface area contributed by atoms with Crippen molar-refractivity contribution in [1.82, 2.24) is 14.5 Å². The molecule has 0 spiro atoms. The van der Waals surface area contributed by atoms with Gasteiger partial charge in [0.05, 0.1) is 10.8 Å². The van der Waals surface area contributed by atoms with E-state index in [0.29, 0.717) is 10.8 Å². The second-order valence-corrected chi connectivity index (χ2v) is 16.7. The summed E-state index contributed by atoms with van der Waals surface area (Å²) in [5.74, 6) is 0. The zero-order valence-electron chi connectivity index (χ0n) is 28.4. The van der Waals surface area contributed by atoms with Crippen molar-refractivity contribution in [2.75, 3.05) is 0 Å². The van der Waals surface area contributed by atoms with Gasteiger partial charge in [0.2, 0.25) is 0 Å². The van der Waals surface area contributed by atoms with Crippen LogP contribution in [0.3, 0.4) is 0 Å². The maximum absolute atomic E-state index is 14.4. The molecule has 0 fully saturated rings. The fourth-order valence-electron chi connectivity index (χ4n) is 9.37. The molecule has 0 bridgehead atoms. The number of benzene rings is 5. The van der Waals surface area contributed by atoms with Gasteiger partial charge in [-0.15, -0.1) is 0 Å². The van der Waals surface area contributed by atoms with E-state index in [0.717, 1.165) is 54.5 Å². The average molecular weight is 624 g/mol. The van der Waals surface area contributed by atoms with E-state index in [1.165, 1.54) is 58.4 Å². The van der Waals surface area contributed by atoms with Crippen LogP contribution in [0.1, 0.15) is 72.8 Å². The fraction of sp³-hybridized carbons (Fsp3) is 0.256. The van der Waals surface area contributed by atoms with Gasteiger partial charge < -0.3 is 0 Å². The van der Waals surface area contributed by atoms with Crippen molar-refractivity contribution in [2.45, 2.75) is 72.3 Å². The first-order valence-corrected chi connectivity index (χ1v) is 17.0. The fourth-order valence-corrected chi connectivity index (χ4v) is 9.37. The lowest BCUT2D eigenvalue weighted by molar-refractivity contribution is 0.570. The molecule has 0 atom stereocenters. The highest BCUT2D eigenvalue weighted by Crippen LogP contribution is 2.57. The number of hydrogen-bond donors (Lipinski definition) is 0. The third-order valence-electron chi connectivity index (χ3n) is 11.5. The Labute approximate surface area is 274 Å². The quantitative estimate of drug-likeness (QED) is 0.171. The summed E-state index contributed by atoms with van der Waals surface area (Å²) in [6, 6.07) is 13.5. The maximum Gasteiger partial charge on any atom is 0.262 e. The summed E-state index contributed by atoms with van der Waals surface area (Å²) in [7, 11) is 0. The minimum absolute atomic E-state index is 0.105. The highest BCUT2D eigenvalue weighted by Gasteiger charge is 2.32. The van der Waals surface area contributed by atoms with Crippen LogP contribution in [0.15, 0.2) is 58.4 Å². The topological polar surface area (TPSA) is 64.8 Å². The SMILES string of the molecule is CC(C)n1c(=O)c2c3cc4c5cnc(C(C)(C)C)cc5c5cc6cc7c8cc(C(C)(C)C)ncc8c8cc(c2c1=O)c1c3c(c54)c6c1c78. The molecule has 0 saturated carbocycles. The second kappa shape index (κ2) is 7.76. The molecule has 0 amide bonds. The van der Waals surface area contributed by atoms with Crippen LogP contribution in [0.25, 0.3) is 108 Å². The molecule has 3 aromatic heterocycles. The third kappa shape index (κ3) is 2.77. The summed E-state index contributed by atoms with van der Waals surface area (Å²) in [6.45, 7) is 17.1. The van der Waals surface area contributed by atoms with E-state index in [1.54, 1.807) is 0 Å². The van der Waals surface area contributed by atoms with Gasteiger partial charge in [0.25, 0.3) is 11.1 Å². The van der Waals surface area contributed by atoms with E-state index >= 15 is 0 Å². The van der Waals surface area contributed by atoms with Gasteiger partial charge in [-0.25, -0.2) is 0 Å². The van der Waals surface area contributed by atoms with Crippen LogP contribution in [0.5, 0.6) is 0 Å². The minimum Gasteiger partial charge on any atom is -0.272 e. The lowest BCUT2D eigenvalue weighted by Crippen LogP contribution is -2.27. The van der Waals surface area contributed by atoms with E-state index < -0.39 is 0 Å². The normalized spacial score (nSPS) is 14.2. The van der Waals surface area contributed by atoms with Crippen molar-refractivity contribution in [3.05, 3.63) is 80.9 Å². The molecule has 5 nitrogen and oxygen atoms in total. The first kappa shape index (κ1) is 26.9. The van der Waals surface area contributed by atoms with E-state index in [-0.39, 0.29) is 28.0 Å². The molecule has 8 aromatic carbocycles. The Kier molecular flexibility index (Phi) is 4.34. The number of nitrogens with zero attached hydrogens (tertiary/aromatic N) is 3. The first-order chi connectivity index (χ1) is 22.8. The predicted molar refractivity (Wildman–Crippen MR) is 203 cm³/mol. The zero-order chi connectivity index (χ0) is 33.1. The van der Waals surface area contributed by atoms with E-state index in [1.807, 2.05) is 26.2 Å². The van der Waals surface area contributed by atoms with Crippen LogP contribution in [0.4, 0.5) is 0 Å². The van der Waals surface area contributed by atoms with Crippen LogP contribution in [-0.2, 0) is 10.8 Å². The number of fused-ring (bicyclic) bond motifs is 9. The van der Waals surface area contributed by atoms with Gasteiger partial charge in [0.15, 0.2) is 0 Å². The highest BCUT2D eigenvalue weighted by molar-refractivity contribution is 6.56. The predicted octanol–water partition coefficient (Wildman–Crippen LogP) is 10.3. The Morgan fingerprint density at radius 3 is 1.27 bits per heavy atom. The maximum atomic E-state index is 14.4. The van der Waals surface area contributed by atoms with Gasteiger partial charge >= 0.3 is 0 Å². The van der Waals surface area contributed by atoms with Gasteiger partial charge in [0.1, 0.15) is 0 Å². The van der Waals surface area contributed by atoms with Crippen LogP contribution in [0.2, 0.25) is 0 Å². The monoisotopic (exact) mass is 623 g/mol. The number of hydrogen-bond acceptors (Lipinski definition) is 4. The van der Waals surface area contributed by atoms with Crippen molar-refractivity contribution in [1.29, 1.82) is 0 Å². The molecular weight excluding hydrogens is 590 g/mol. The summed E-state index contributed by atoms with van der Waals surface area (Å²) in [5, 5.41) is 21.6. The van der Waals surface area contributed by atoms with Gasteiger partial charge in [-0.05, 0) is 136 Å². The van der Waals surface area contributed by atoms with Crippen LogP contribution < -0.4 is 11.1 Å². The summed E-state index contributed by atoms with van der Waals surface area (Å²) >= 11 is 0. The largest absolute Gasteiger partial charge is 0.272 e. The first-order valence-electron chi connectivity index (χ1n) is 17.0. The van der Waals surface area contributed by atoms with Crippen molar-refractivity contribution in [2.24, 2.45) is 0 Å². The van der Waals surface area contributed by atoms with Crippen molar-refractivity contribution < 1.29 is 0 Å². The summed E-state index contributed by atoms with van der Waals surface area (Å²) < 4.78 is 1.46. The van der Waals surface area contributed by atoms with Crippen molar-refractivity contribution in [3.8, 4) is 0 Å². The van der Waals surface area contributed by atoms with E-state index in [9.17, 15) is 9.59 Å². The standard InChI is InChI=1S/C43H33N3O2/c1-17(2)46-40(47)36-25-11-23-27-15-44-29(42(3,4)5)13-19(27)21-9-18-10-22-20-14-30(43(6,7)8)45-16-28(20)24-12-26(37(36)41(46)48)35-34(25)38(32(21)23)31(18)39(35)33(22)24/h9-17H,1-8H3. The molecule has 0 saturated heterocycles. The molecular formula is C43H33N3O2. The molecule has 0 radical (unpaired) electrons. The number of aromatic nitrogens is 3. The summed E-state index contributed by atoms with van der Waals surface area (Å²) in [5.41, 5.74) is 1.50. The lowest BCUT2D eigenvalue weighted by Gasteiger charge is -2.17. The Bertz CT molecular complexity index is 3090. The molecule has 0 aliphatic heterocycles. The molecule has 48 heavy (non-hydrogen) atoms. The molecule has 3 heterocycles. The van der Waals surface area contributed by atoms with Gasteiger partial charge in [0, 0.05) is 51.4 Å². The molecule has 0 N–H and O–H groups in total. The molecule has 0 aliphatic carbocycles. The Morgan fingerprint density at radius 1 is 0.458 bits per heavy atom. The molecule has 0 aliphatic rings. The highest BCUT2D eigenvalue weighted by atomic mass is 16.2. The molecule has 5 heteroatoms. The molecule has 232 valence electrons. The third-order valence-corrected chi connectivity index (χ3v) is 11.5. The van der Waals surface area contributed by atoms with Crippen LogP contribution in [-0.4, -0.2) is 14.5 Å². The minimum atomic E-state index is -0.251. The summed E-state index contributed by atoms with van der Waals surface area (Å²) in [6.07, 6.45) is 4.05. The van der Waals surface area contributed by atoms with E-state index in [4.69, 9.17) is 9.97 Å². The van der Waals surface area contributed by atoms with Gasteiger partial charge in [-0.3, -0.25) is 24.1 Å². The molecule has 11 rings (SSSR count). The second-order valence-electron chi connectivity index (χ2n) is 16.7. The number of pyridine rings is 2. The average Bonchev–Trinajstić information content (AvgIpc) is 3.72. The Morgan fingerprint density at radius 2 is 0.875 bits per heavy atom. The molecule has 11 aromatic rings. The Balaban J connectivity index is 1.52. The van der Waals surface area contributed by atoms with Gasteiger partial charge in [-0.1, -0.05) is 41.5 Å². The zero-order valence-corrected chi connectivity index (χ0v) is 28.4. The van der Waals surface area contributed by atoms with Crippen molar-refractivity contribution in [3.63, 3.8) is 0 Å². The van der Waals surface area contributed by atoms with Crippen LogP contribution in [0, 0.1) is 0 Å². The summed E-state index contributed by atoms with van der Waals surface area (Å²) in [4.78, 5) is 38.7. The van der Waals surface area contributed by atoms with Crippen LogP contribution >= 0.6 is 0 Å². The number of rotatable bonds is 1. The Hall–Kier alpha value is -5.16. The smallest absolute Gasteiger partial charge is 0.262 e. The van der Waals surface area contributed by atoms with Crippen molar-refractivity contribution >= 4 is 108 Å². The van der Waals surface area contributed by atoms with Gasteiger partial charge in [-0.2, -0.15) is 0 Å². The lowest BCUT2D eigenvalue weighted by atomic mass is 9.90. The van der Waals surface area contributed by atoms with E-state index in [2.05, 4.69) is 77.9 Å².